The molecule has 0 saturated carbocycles. The van der Waals surface area contributed by atoms with Crippen LogP contribution in [0.3, 0.4) is 0 Å². The molecule has 1 heterocycles. The summed E-state index contributed by atoms with van der Waals surface area (Å²) < 4.78 is 5.87. The van der Waals surface area contributed by atoms with Gasteiger partial charge in [-0.25, -0.2) is 0 Å². The monoisotopic (exact) mass is 261 g/mol. The average molecular weight is 261 g/mol. The molecule has 2 N–H and O–H groups in total. The van der Waals surface area contributed by atoms with Gasteiger partial charge >= 0.3 is 0 Å². The number of rotatable bonds is 5. The van der Waals surface area contributed by atoms with Crippen LogP contribution >= 0.6 is 11.3 Å². The van der Waals surface area contributed by atoms with Crippen LogP contribution in [0.5, 0.6) is 5.75 Å². The third-order valence-electron chi connectivity index (χ3n) is 2.85. The van der Waals surface area contributed by atoms with Crippen LogP contribution in [0.15, 0.2) is 36.4 Å². The molecule has 0 aliphatic heterocycles. The van der Waals surface area contributed by atoms with Crippen LogP contribution in [0, 0.1) is 0 Å². The van der Waals surface area contributed by atoms with Crippen molar-refractivity contribution in [1.29, 1.82) is 0 Å². The van der Waals surface area contributed by atoms with E-state index in [0.717, 1.165) is 17.7 Å². The number of hydrogen-bond acceptors (Lipinski definition) is 3. The number of para-hydroxylation sites is 1. The molecule has 2 rings (SSSR count). The van der Waals surface area contributed by atoms with Crippen LogP contribution in [0.2, 0.25) is 0 Å². The van der Waals surface area contributed by atoms with Gasteiger partial charge in [0.05, 0.1) is 0 Å². The Morgan fingerprint density at radius 1 is 1.17 bits per heavy atom. The summed E-state index contributed by atoms with van der Waals surface area (Å²) in [6.45, 7) is 4.76. The van der Waals surface area contributed by atoms with Gasteiger partial charge in [0.2, 0.25) is 0 Å². The smallest absolute Gasteiger partial charge is 0.124 e. The molecule has 3 heteroatoms. The van der Waals surface area contributed by atoms with Gasteiger partial charge in [-0.15, -0.1) is 11.3 Å². The number of ether oxygens (including phenoxy) is 1. The molecule has 2 aromatic rings. The minimum Gasteiger partial charge on any atom is -0.488 e. The van der Waals surface area contributed by atoms with E-state index in [-0.39, 0.29) is 6.04 Å². The lowest BCUT2D eigenvalue weighted by molar-refractivity contribution is 0.305. The van der Waals surface area contributed by atoms with Crippen molar-refractivity contribution >= 4 is 11.3 Å². The molecule has 0 saturated heterocycles. The first-order chi connectivity index (χ1) is 8.70. The molecule has 0 aliphatic rings. The van der Waals surface area contributed by atoms with Crippen LogP contribution in [0.1, 0.15) is 35.2 Å². The summed E-state index contributed by atoms with van der Waals surface area (Å²) in [5.74, 6) is 0.888. The largest absolute Gasteiger partial charge is 0.488 e. The van der Waals surface area contributed by atoms with Crippen molar-refractivity contribution in [3.8, 4) is 5.75 Å². The van der Waals surface area contributed by atoms with Crippen molar-refractivity contribution in [3.05, 3.63) is 51.7 Å². The highest BCUT2D eigenvalue weighted by Crippen LogP contribution is 2.25. The average Bonchev–Trinajstić information content (AvgIpc) is 2.84. The highest BCUT2D eigenvalue weighted by Gasteiger charge is 2.07. The second-order valence-electron chi connectivity index (χ2n) is 4.34. The molecule has 0 radical (unpaired) electrons. The highest BCUT2D eigenvalue weighted by atomic mass is 32.1. The number of thiophene rings is 1. The normalized spacial score (nSPS) is 12.4. The van der Waals surface area contributed by atoms with E-state index >= 15 is 0 Å². The fraction of sp³-hybridized carbons (Fsp3) is 0.333. The molecule has 0 bridgehead atoms. The third-order valence-corrected chi connectivity index (χ3v) is 4.05. The number of nitrogens with two attached hydrogens (primary N) is 1. The minimum absolute atomic E-state index is 0.00395. The second kappa shape index (κ2) is 6.03. The van der Waals surface area contributed by atoms with Crippen molar-refractivity contribution < 1.29 is 4.74 Å². The molecule has 2 nitrogen and oxygen atoms in total. The van der Waals surface area contributed by atoms with Gasteiger partial charge in [0.15, 0.2) is 0 Å². The van der Waals surface area contributed by atoms with Gasteiger partial charge in [0.25, 0.3) is 0 Å². The molecule has 96 valence electrons. The highest BCUT2D eigenvalue weighted by molar-refractivity contribution is 7.11. The summed E-state index contributed by atoms with van der Waals surface area (Å²) in [6, 6.07) is 12.3. The van der Waals surface area contributed by atoms with Crippen LogP contribution in [0.4, 0.5) is 0 Å². The Morgan fingerprint density at radius 3 is 2.56 bits per heavy atom. The van der Waals surface area contributed by atoms with E-state index in [2.05, 4.69) is 19.1 Å². The molecular formula is C15H19NOS. The zero-order chi connectivity index (χ0) is 13.0. The van der Waals surface area contributed by atoms with Gasteiger partial charge in [-0.3, -0.25) is 0 Å². The number of aryl methyl sites for hydroxylation is 1. The quantitative estimate of drug-likeness (QED) is 0.885. The summed E-state index contributed by atoms with van der Waals surface area (Å²) >= 11 is 1.81. The van der Waals surface area contributed by atoms with E-state index in [1.54, 1.807) is 0 Å². The van der Waals surface area contributed by atoms with E-state index in [9.17, 15) is 0 Å². The fourth-order valence-electron chi connectivity index (χ4n) is 1.83. The summed E-state index contributed by atoms with van der Waals surface area (Å²) in [4.78, 5) is 2.65. The lowest BCUT2D eigenvalue weighted by atomic mass is 10.1. The van der Waals surface area contributed by atoms with E-state index in [4.69, 9.17) is 10.5 Å². The predicted octanol–water partition coefficient (Wildman–Crippen LogP) is 3.91. The van der Waals surface area contributed by atoms with E-state index in [0.29, 0.717) is 6.61 Å². The first-order valence-electron chi connectivity index (χ1n) is 6.25. The Bertz CT molecular complexity index is 505. The summed E-state index contributed by atoms with van der Waals surface area (Å²) in [6.07, 6.45) is 1.08. The van der Waals surface area contributed by atoms with Crippen molar-refractivity contribution in [2.75, 3.05) is 0 Å². The molecule has 1 atom stereocenters. The van der Waals surface area contributed by atoms with Crippen LogP contribution in [-0.4, -0.2) is 0 Å². The molecule has 1 unspecified atom stereocenters. The van der Waals surface area contributed by atoms with Crippen molar-refractivity contribution in [3.63, 3.8) is 0 Å². The summed E-state index contributed by atoms with van der Waals surface area (Å²) in [5, 5.41) is 0. The predicted molar refractivity (Wildman–Crippen MR) is 77.1 cm³/mol. The Morgan fingerprint density at radius 2 is 1.89 bits per heavy atom. The van der Waals surface area contributed by atoms with Crippen LogP contribution < -0.4 is 10.5 Å². The van der Waals surface area contributed by atoms with Gasteiger partial charge in [-0.1, -0.05) is 25.1 Å². The zero-order valence-electron chi connectivity index (χ0n) is 10.8. The minimum atomic E-state index is -0.00395. The number of benzene rings is 1. The van der Waals surface area contributed by atoms with Gasteiger partial charge in [0.1, 0.15) is 12.4 Å². The molecule has 0 aliphatic carbocycles. The first kappa shape index (κ1) is 13.1. The van der Waals surface area contributed by atoms with E-state index < -0.39 is 0 Å². The fourth-order valence-corrected chi connectivity index (χ4v) is 2.70. The molecule has 1 aromatic carbocycles. The SMILES string of the molecule is CCc1ccc(COc2ccccc2C(C)N)s1. The lowest BCUT2D eigenvalue weighted by Crippen LogP contribution is -2.07. The van der Waals surface area contributed by atoms with Gasteiger partial charge < -0.3 is 10.5 Å². The van der Waals surface area contributed by atoms with E-state index in [1.807, 2.05) is 42.5 Å². The first-order valence-corrected chi connectivity index (χ1v) is 7.07. The van der Waals surface area contributed by atoms with Gasteiger partial charge in [-0.05, 0) is 31.5 Å². The van der Waals surface area contributed by atoms with Crippen molar-refractivity contribution in [2.24, 2.45) is 5.73 Å². The Hall–Kier alpha value is -1.32. The van der Waals surface area contributed by atoms with Gasteiger partial charge in [-0.2, -0.15) is 0 Å². The summed E-state index contributed by atoms with van der Waals surface area (Å²) in [7, 11) is 0. The topological polar surface area (TPSA) is 35.2 Å². The molecule has 0 amide bonds. The second-order valence-corrected chi connectivity index (χ2v) is 5.59. The lowest BCUT2D eigenvalue weighted by Gasteiger charge is -2.13. The maximum absolute atomic E-state index is 5.93. The maximum atomic E-state index is 5.93. The maximum Gasteiger partial charge on any atom is 0.124 e. The van der Waals surface area contributed by atoms with Crippen LogP contribution in [-0.2, 0) is 13.0 Å². The molecule has 0 fully saturated rings. The third kappa shape index (κ3) is 3.12. The van der Waals surface area contributed by atoms with Gasteiger partial charge in [0, 0.05) is 21.4 Å². The van der Waals surface area contributed by atoms with Crippen molar-refractivity contribution in [1.82, 2.24) is 0 Å². The van der Waals surface area contributed by atoms with Crippen LogP contribution in [0.25, 0.3) is 0 Å². The standard InChI is InChI=1S/C15H19NOS/c1-3-12-8-9-13(18-12)10-17-15-7-5-4-6-14(15)11(2)16/h4-9,11H,3,10,16H2,1-2H3. The van der Waals surface area contributed by atoms with E-state index in [1.165, 1.54) is 9.75 Å². The molecule has 1 aromatic heterocycles. The Kier molecular flexibility index (Phi) is 4.39. The Labute approximate surface area is 112 Å². The summed E-state index contributed by atoms with van der Waals surface area (Å²) in [5.41, 5.74) is 6.99. The molecule has 0 spiro atoms. The molecule has 18 heavy (non-hydrogen) atoms. The number of hydrogen-bond donors (Lipinski definition) is 1. The zero-order valence-corrected chi connectivity index (χ0v) is 11.7. The molecular weight excluding hydrogens is 242 g/mol. The Balaban J connectivity index is 2.05. The van der Waals surface area contributed by atoms with Crippen molar-refractivity contribution in [2.45, 2.75) is 32.9 Å².